The first-order valence-corrected chi connectivity index (χ1v) is 9.31. The molecule has 154 valence electrons. The monoisotopic (exact) mass is 406 g/mol. The Morgan fingerprint density at radius 1 is 1.23 bits per heavy atom. The maximum absolute atomic E-state index is 12.4. The predicted octanol–water partition coefficient (Wildman–Crippen LogP) is 2.49. The number of carbonyl (C=O) groups is 2. The number of anilines is 1. The molecule has 3 rings (SSSR count). The lowest BCUT2D eigenvalue weighted by molar-refractivity contribution is -0.111. The first-order valence-electron chi connectivity index (χ1n) is 9.31. The maximum atomic E-state index is 12.4. The molecule has 0 radical (unpaired) electrons. The Kier molecular flexibility index (Phi) is 7.09. The molecule has 2 amide bonds. The van der Waals surface area contributed by atoms with Gasteiger partial charge in [0, 0.05) is 6.08 Å². The van der Waals surface area contributed by atoms with Gasteiger partial charge < -0.3 is 24.8 Å². The highest BCUT2D eigenvalue weighted by molar-refractivity contribution is 6.07. The molecule has 1 fully saturated rings. The van der Waals surface area contributed by atoms with Gasteiger partial charge in [0.25, 0.3) is 5.91 Å². The van der Waals surface area contributed by atoms with Crippen molar-refractivity contribution in [3.63, 3.8) is 0 Å². The van der Waals surface area contributed by atoms with Gasteiger partial charge in [0.05, 0.1) is 37.6 Å². The summed E-state index contributed by atoms with van der Waals surface area (Å²) in [6.07, 6.45) is 8.22. The average molecular weight is 406 g/mol. The summed E-state index contributed by atoms with van der Waals surface area (Å²) in [4.78, 5) is 24.8. The van der Waals surface area contributed by atoms with Gasteiger partial charge in [-0.3, -0.25) is 9.59 Å². The number of ether oxygens (including phenoxy) is 3. The van der Waals surface area contributed by atoms with Crippen LogP contribution in [0.5, 0.6) is 11.5 Å². The van der Waals surface area contributed by atoms with Crippen LogP contribution in [-0.4, -0.2) is 44.8 Å². The van der Waals surface area contributed by atoms with E-state index in [1.807, 2.05) is 0 Å². The van der Waals surface area contributed by atoms with Gasteiger partial charge in [0.15, 0.2) is 11.5 Å². The zero-order valence-corrected chi connectivity index (χ0v) is 16.5. The molecule has 1 heterocycles. The lowest BCUT2D eigenvalue weighted by Gasteiger charge is -2.27. The molecule has 2 aromatic carbocycles. The number of rotatable bonds is 8. The van der Waals surface area contributed by atoms with E-state index >= 15 is 0 Å². The van der Waals surface area contributed by atoms with Gasteiger partial charge in [-0.1, -0.05) is 24.1 Å². The van der Waals surface area contributed by atoms with E-state index < -0.39 is 0 Å². The van der Waals surface area contributed by atoms with Crippen molar-refractivity contribution in [2.24, 2.45) is 0 Å². The van der Waals surface area contributed by atoms with E-state index in [0.717, 1.165) is 5.56 Å². The number of hydrogen-bond donors (Lipinski definition) is 2. The first kappa shape index (κ1) is 21.0. The zero-order valence-electron chi connectivity index (χ0n) is 16.5. The van der Waals surface area contributed by atoms with Crippen molar-refractivity contribution in [2.75, 3.05) is 32.2 Å². The van der Waals surface area contributed by atoms with Crippen molar-refractivity contribution in [3.8, 4) is 23.8 Å². The van der Waals surface area contributed by atoms with E-state index in [2.05, 4.69) is 16.6 Å². The maximum Gasteiger partial charge on any atom is 0.253 e. The van der Waals surface area contributed by atoms with E-state index in [4.69, 9.17) is 20.6 Å². The second-order valence-electron chi connectivity index (χ2n) is 6.48. The van der Waals surface area contributed by atoms with Crippen LogP contribution in [0.4, 0.5) is 5.69 Å². The van der Waals surface area contributed by atoms with Crippen LogP contribution in [-0.2, 0) is 9.53 Å². The number of benzene rings is 2. The lowest BCUT2D eigenvalue weighted by Crippen LogP contribution is -2.48. The molecule has 1 saturated heterocycles. The minimum atomic E-state index is -0.367. The van der Waals surface area contributed by atoms with E-state index in [9.17, 15) is 9.59 Å². The molecule has 0 aliphatic carbocycles. The van der Waals surface area contributed by atoms with Crippen molar-refractivity contribution < 1.29 is 23.8 Å². The second kappa shape index (κ2) is 10.1. The van der Waals surface area contributed by atoms with Gasteiger partial charge in [-0.2, -0.15) is 0 Å². The van der Waals surface area contributed by atoms with E-state index in [0.29, 0.717) is 36.0 Å². The molecule has 0 unspecified atom stereocenters. The quantitative estimate of drug-likeness (QED) is 0.520. The van der Waals surface area contributed by atoms with Crippen LogP contribution in [0.15, 0.2) is 48.5 Å². The zero-order chi connectivity index (χ0) is 21.3. The Labute approximate surface area is 175 Å². The third-order valence-electron chi connectivity index (χ3n) is 4.33. The van der Waals surface area contributed by atoms with Crippen LogP contribution < -0.4 is 20.1 Å². The highest BCUT2D eigenvalue weighted by Crippen LogP contribution is 2.28. The van der Waals surface area contributed by atoms with Gasteiger partial charge in [0.1, 0.15) is 6.61 Å². The summed E-state index contributed by atoms with van der Waals surface area (Å²) in [6.45, 7) is 1.13. The molecule has 0 atom stereocenters. The Morgan fingerprint density at radius 2 is 2.03 bits per heavy atom. The second-order valence-corrected chi connectivity index (χ2v) is 6.48. The minimum absolute atomic E-state index is 0.00344. The molecule has 0 spiro atoms. The van der Waals surface area contributed by atoms with Crippen LogP contribution in [0.1, 0.15) is 15.9 Å². The van der Waals surface area contributed by atoms with Gasteiger partial charge in [-0.05, 0) is 35.9 Å². The summed E-state index contributed by atoms with van der Waals surface area (Å²) >= 11 is 0. The van der Waals surface area contributed by atoms with E-state index in [-0.39, 0.29) is 24.5 Å². The third-order valence-corrected chi connectivity index (χ3v) is 4.33. The van der Waals surface area contributed by atoms with Gasteiger partial charge >= 0.3 is 0 Å². The molecule has 7 heteroatoms. The Hall–Kier alpha value is -3.76. The Balaban J connectivity index is 1.66. The van der Waals surface area contributed by atoms with Crippen LogP contribution in [0, 0.1) is 12.3 Å². The number of hydrogen-bond acceptors (Lipinski definition) is 5. The molecule has 0 saturated carbocycles. The molecule has 0 aromatic heterocycles. The summed E-state index contributed by atoms with van der Waals surface area (Å²) < 4.78 is 15.8. The normalized spacial score (nSPS) is 13.2. The molecular formula is C23H22N2O5. The first-order chi connectivity index (χ1) is 14.6. The smallest absolute Gasteiger partial charge is 0.253 e. The standard InChI is InChI=1S/C23H22N2O5/c1-3-12-30-20-10-8-16(13-21(20)28-2)9-11-22(26)25-19-7-5-4-6-18(19)23(27)24-17-14-29-15-17/h1,4-11,13,17H,12,14-15H2,2H3,(H,24,27)(H,25,26)/b11-9+. The number of para-hydroxylation sites is 1. The number of nitrogens with one attached hydrogen (secondary N) is 2. The SMILES string of the molecule is C#CCOc1ccc(/C=C/C(=O)Nc2ccccc2C(=O)NC2COC2)cc1OC. The summed E-state index contributed by atoms with van der Waals surface area (Å²) in [5.74, 6) is 2.81. The van der Waals surface area contributed by atoms with Crippen LogP contribution in [0.2, 0.25) is 0 Å². The fraction of sp³-hybridized carbons (Fsp3) is 0.217. The molecule has 2 N–H and O–H groups in total. The van der Waals surface area contributed by atoms with Crippen LogP contribution >= 0.6 is 0 Å². The lowest BCUT2D eigenvalue weighted by atomic mass is 10.1. The van der Waals surface area contributed by atoms with Crippen LogP contribution in [0.3, 0.4) is 0 Å². The fourth-order valence-electron chi connectivity index (χ4n) is 2.75. The number of terminal acetylenes is 1. The molecule has 1 aliphatic heterocycles. The van der Waals surface area contributed by atoms with Crippen molar-refractivity contribution in [2.45, 2.75) is 6.04 Å². The number of carbonyl (C=O) groups excluding carboxylic acids is 2. The van der Waals surface area contributed by atoms with Gasteiger partial charge in [0.2, 0.25) is 5.91 Å². The van der Waals surface area contributed by atoms with Crippen LogP contribution in [0.25, 0.3) is 6.08 Å². The topological polar surface area (TPSA) is 85.9 Å². The molecule has 1 aliphatic rings. The fourth-order valence-corrected chi connectivity index (χ4v) is 2.75. The van der Waals surface area contributed by atoms with E-state index in [1.54, 1.807) is 48.5 Å². The molecule has 7 nitrogen and oxygen atoms in total. The Bertz CT molecular complexity index is 989. The summed E-state index contributed by atoms with van der Waals surface area (Å²) in [6, 6.07) is 12.1. The van der Waals surface area contributed by atoms with Crippen molar-refractivity contribution in [1.29, 1.82) is 0 Å². The number of methoxy groups -OCH3 is 1. The third kappa shape index (κ3) is 5.40. The average Bonchev–Trinajstić information content (AvgIpc) is 2.73. The van der Waals surface area contributed by atoms with Gasteiger partial charge in [-0.15, -0.1) is 6.42 Å². The van der Waals surface area contributed by atoms with E-state index in [1.165, 1.54) is 13.2 Å². The molecular weight excluding hydrogens is 384 g/mol. The Morgan fingerprint density at radius 3 is 2.73 bits per heavy atom. The van der Waals surface area contributed by atoms with Crippen molar-refractivity contribution in [1.82, 2.24) is 5.32 Å². The largest absolute Gasteiger partial charge is 0.493 e. The highest BCUT2D eigenvalue weighted by Gasteiger charge is 2.22. The van der Waals surface area contributed by atoms with Gasteiger partial charge in [-0.25, -0.2) is 0 Å². The molecule has 0 bridgehead atoms. The van der Waals surface area contributed by atoms with Crippen molar-refractivity contribution in [3.05, 3.63) is 59.7 Å². The molecule has 2 aromatic rings. The molecule has 30 heavy (non-hydrogen) atoms. The minimum Gasteiger partial charge on any atom is -0.493 e. The summed E-state index contributed by atoms with van der Waals surface area (Å²) in [5.41, 5.74) is 1.56. The van der Waals surface area contributed by atoms with Crippen molar-refractivity contribution >= 4 is 23.6 Å². The summed E-state index contributed by atoms with van der Waals surface area (Å²) in [5, 5.41) is 5.61. The number of amides is 2. The summed E-state index contributed by atoms with van der Waals surface area (Å²) in [7, 11) is 1.52. The highest BCUT2D eigenvalue weighted by atomic mass is 16.5. The predicted molar refractivity (Wildman–Crippen MR) is 114 cm³/mol.